The molecule has 2 aliphatic heterocycles. The first-order chi connectivity index (χ1) is 22.2. The Morgan fingerprint density at radius 1 is 0.717 bits per heavy atom. The Morgan fingerprint density at radius 2 is 1.11 bits per heavy atom. The standard InChI is InChI=1S/2C18H17ClFNOS/c2*1-12-5-2-3-6-13(12)15-10-21(18(22)7-4-8-20)11-16-14(15)9-17(19)23-16/h2*2-7,9,15H,8,10-11H2,1H3/b2*7-4+/t2*15-/m10/s1. The van der Waals surface area contributed by atoms with Gasteiger partial charge in [0.2, 0.25) is 11.8 Å². The number of alkyl halides is 2. The van der Waals surface area contributed by atoms with Crippen LogP contribution in [-0.4, -0.2) is 48.1 Å². The number of thiophene rings is 2. The Hall–Kier alpha value is -3.30. The molecule has 0 N–H and O–H groups in total. The van der Waals surface area contributed by atoms with Crippen LogP contribution in [0.5, 0.6) is 0 Å². The highest BCUT2D eigenvalue weighted by Gasteiger charge is 2.32. The van der Waals surface area contributed by atoms with Crippen LogP contribution in [0.15, 0.2) is 85.0 Å². The summed E-state index contributed by atoms with van der Waals surface area (Å²) >= 11 is 15.4. The molecule has 0 bridgehead atoms. The van der Waals surface area contributed by atoms with Crippen molar-refractivity contribution in [2.45, 2.75) is 38.8 Å². The van der Waals surface area contributed by atoms with Gasteiger partial charge in [-0.3, -0.25) is 9.59 Å². The number of carbonyl (C=O) groups excluding carboxylic acids is 2. The van der Waals surface area contributed by atoms with Crippen molar-refractivity contribution in [1.29, 1.82) is 0 Å². The van der Waals surface area contributed by atoms with Crippen molar-refractivity contribution in [3.8, 4) is 0 Å². The predicted molar refractivity (Wildman–Crippen MR) is 186 cm³/mol. The molecule has 0 aliphatic carbocycles. The lowest BCUT2D eigenvalue weighted by Gasteiger charge is -2.33. The minimum Gasteiger partial charge on any atom is -0.333 e. The van der Waals surface area contributed by atoms with Crippen molar-refractivity contribution < 1.29 is 18.4 Å². The fourth-order valence-corrected chi connectivity index (χ4v) is 8.81. The van der Waals surface area contributed by atoms with Gasteiger partial charge in [-0.1, -0.05) is 71.7 Å². The third kappa shape index (κ3) is 7.80. The van der Waals surface area contributed by atoms with E-state index in [4.69, 9.17) is 23.2 Å². The highest BCUT2D eigenvalue weighted by Crippen LogP contribution is 2.42. The van der Waals surface area contributed by atoms with Crippen LogP contribution in [-0.2, 0) is 22.7 Å². The molecule has 0 spiro atoms. The van der Waals surface area contributed by atoms with Crippen LogP contribution in [0, 0.1) is 13.8 Å². The molecule has 10 heteroatoms. The molecule has 0 radical (unpaired) electrons. The number of hydrogen-bond acceptors (Lipinski definition) is 4. The van der Waals surface area contributed by atoms with E-state index in [1.807, 2.05) is 36.4 Å². The zero-order valence-electron chi connectivity index (χ0n) is 25.5. The Labute approximate surface area is 286 Å². The van der Waals surface area contributed by atoms with Crippen molar-refractivity contribution >= 4 is 57.7 Å². The summed E-state index contributed by atoms with van der Waals surface area (Å²) in [7, 11) is 0. The van der Waals surface area contributed by atoms with Crippen molar-refractivity contribution in [2.24, 2.45) is 0 Å². The first-order valence-corrected chi connectivity index (χ1v) is 17.3. The predicted octanol–water partition coefficient (Wildman–Crippen LogP) is 9.42. The quantitative estimate of drug-likeness (QED) is 0.188. The molecule has 2 amide bonds. The van der Waals surface area contributed by atoms with Crippen LogP contribution in [0.25, 0.3) is 0 Å². The van der Waals surface area contributed by atoms with Crippen LogP contribution in [0.1, 0.15) is 55.0 Å². The van der Waals surface area contributed by atoms with Crippen molar-refractivity contribution in [1.82, 2.24) is 9.80 Å². The van der Waals surface area contributed by atoms with Gasteiger partial charge in [0.05, 0.1) is 21.8 Å². The number of benzene rings is 2. The van der Waals surface area contributed by atoms with Gasteiger partial charge in [-0.05, 0) is 71.5 Å². The van der Waals surface area contributed by atoms with Gasteiger partial charge in [0.1, 0.15) is 13.3 Å². The second-order valence-electron chi connectivity index (χ2n) is 11.2. The average molecular weight is 700 g/mol. The molecule has 0 saturated carbocycles. The van der Waals surface area contributed by atoms with Crippen LogP contribution >= 0.6 is 45.9 Å². The number of allylic oxidation sites excluding steroid dienone is 2. The third-order valence-corrected chi connectivity index (χ3v) is 10.8. The van der Waals surface area contributed by atoms with Gasteiger partial charge in [0, 0.05) is 46.8 Å². The summed E-state index contributed by atoms with van der Waals surface area (Å²) in [5.74, 6) is -0.106. The van der Waals surface area contributed by atoms with Gasteiger partial charge >= 0.3 is 0 Å². The number of aryl methyl sites for hydroxylation is 2. The molecule has 4 aromatic rings. The van der Waals surface area contributed by atoms with Gasteiger partial charge in [-0.15, -0.1) is 22.7 Å². The molecule has 0 unspecified atom stereocenters. The van der Waals surface area contributed by atoms with Crippen LogP contribution in [0.2, 0.25) is 8.67 Å². The first kappa shape index (κ1) is 34.0. The highest BCUT2D eigenvalue weighted by atomic mass is 35.5. The lowest BCUT2D eigenvalue weighted by Crippen LogP contribution is -2.37. The molecular formula is C36H34Cl2F2N2O2S2. The largest absolute Gasteiger partial charge is 0.333 e. The van der Waals surface area contributed by atoms with Crippen LogP contribution in [0.4, 0.5) is 8.78 Å². The third-order valence-electron chi connectivity index (χ3n) is 8.30. The molecule has 46 heavy (non-hydrogen) atoms. The van der Waals surface area contributed by atoms with E-state index >= 15 is 0 Å². The number of halogens is 4. The van der Waals surface area contributed by atoms with E-state index in [0.29, 0.717) is 26.2 Å². The van der Waals surface area contributed by atoms with E-state index < -0.39 is 13.3 Å². The van der Waals surface area contributed by atoms with E-state index in [2.05, 4.69) is 38.1 Å². The fourth-order valence-electron chi connectivity index (χ4n) is 6.09. The summed E-state index contributed by atoms with van der Waals surface area (Å²) in [6.45, 7) is 5.13. The summed E-state index contributed by atoms with van der Waals surface area (Å²) in [5, 5.41) is 0. The molecule has 2 atom stereocenters. The molecule has 240 valence electrons. The minimum absolute atomic E-state index is 0.103. The van der Waals surface area contributed by atoms with E-state index in [0.717, 1.165) is 18.4 Å². The zero-order valence-corrected chi connectivity index (χ0v) is 28.7. The van der Waals surface area contributed by atoms with Crippen molar-refractivity contribution in [3.63, 3.8) is 0 Å². The maximum atomic E-state index is 12.3. The molecule has 0 saturated heterocycles. The van der Waals surface area contributed by atoms with E-state index in [9.17, 15) is 18.4 Å². The second-order valence-corrected chi connectivity index (χ2v) is 14.8. The smallest absolute Gasteiger partial charge is 0.246 e. The van der Waals surface area contributed by atoms with Gasteiger partial charge < -0.3 is 9.80 Å². The maximum Gasteiger partial charge on any atom is 0.246 e. The van der Waals surface area contributed by atoms with Gasteiger partial charge in [0.15, 0.2) is 0 Å². The molecule has 4 heterocycles. The summed E-state index contributed by atoms with van der Waals surface area (Å²) in [4.78, 5) is 30.3. The number of carbonyl (C=O) groups is 2. The van der Waals surface area contributed by atoms with E-state index in [1.165, 1.54) is 80.4 Å². The summed E-state index contributed by atoms with van der Waals surface area (Å²) in [6, 6.07) is 20.4. The highest BCUT2D eigenvalue weighted by molar-refractivity contribution is 7.16. The Balaban J connectivity index is 0.000000181. The Kier molecular flexibility index (Phi) is 11.5. The molecule has 2 aliphatic rings. The number of amides is 2. The number of fused-ring (bicyclic) bond motifs is 2. The van der Waals surface area contributed by atoms with E-state index in [1.54, 1.807) is 9.80 Å². The van der Waals surface area contributed by atoms with E-state index in [-0.39, 0.29) is 23.7 Å². The minimum atomic E-state index is -0.628. The number of hydrogen-bond donors (Lipinski definition) is 0. The zero-order chi connectivity index (χ0) is 32.8. The summed E-state index contributed by atoms with van der Waals surface area (Å²) in [6.07, 6.45) is 5.13. The molecule has 2 aromatic heterocycles. The monoisotopic (exact) mass is 698 g/mol. The Morgan fingerprint density at radius 3 is 1.48 bits per heavy atom. The molecule has 4 nitrogen and oxygen atoms in total. The van der Waals surface area contributed by atoms with Crippen LogP contribution in [0.3, 0.4) is 0 Å². The Bertz CT molecular complexity index is 1640. The topological polar surface area (TPSA) is 40.6 Å². The van der Waals surface area contributed by atoms with Crippen molar-refractivity contribution in [3.05, 3.63) is 137 Å². The lowest BCUT2D eigenvalue weighted by atomic mass is 9.86. The van der Waals surface area contributed by atoms with Gasteiger partial charge in [-0.25, -0.2) is 8.78 Å². The molecular weight excluding hydrogens is 665 g/mol. The number of rotatable bonds is 6. The first-order valence-electron chi connectivity index (χ1n) is 14.9. The SMILES string of the molecule is Cc1ccccc1[C@@H]1CN(C(=O)/C=C/CF)Cc2sc(Cl)cc21.Cc1ccccc1[C@H]1CN(C(=O)/C=C/CF)Cc2sc(Cl)cc21. The van der Waals surface area contributed by atoms with Gasteiger partial charge in [-0.2, -0.15) is 0 Å². The lowest BCUT2D eigenvalue weighted by molar-refractivity contribution is -0.127. The second kappa shape index (κ2) is 15.5. The fraction of sp³-hybridized carbons (Fsp3) is 0.278. The average Bonchev–Trinajstić information content (AvgIpc) is 3.63. The summed E-state index contributed by atoms with van der Waals surface area (Å²) in [5.41, 5.74) is 7.20. The molecule has 6 rings (SSSR count). The number of nitrogens with zero attached hydrogens (tertiary/aromatic N) is 2. The van der Waals surface area contributed by atoms with Crippen molar-refractivity contribution in [2.75, 3.05) is 26.4 Å². The maximum absolute atomic E-state index is 12.3. The van der Waals surface area contributed by atoms with Gasteiger partial charge in [0.25, 0.3) is 0 Å². The molecule has 2 aromatic carbocycles. The molecule has 0 fully saturated rings. The normalized spacial score (nSPS) is 17.5. The summed E-state index contributed by atoms with van der Waals surface area (Å²) < 4.78 is 26.0. The van der Waals surface area contributed by atoms with Crippen LogP contribution < -0.4 is 0 Å².